The van der Waals surface area contributed by atoms with Gasteiger partial charge < -0.3 is 14.9 Å². The van der Waals surface area contributed by atoms with Crippen molar-refractivity contribution in [3.63, 3.8) is 0 Å². The molecule has 5 nitrogen and oxygen atoms in total. The number of carbonyl (C=O) groups is 2. The maximum atomic E-state index is 12.4. The minimum Gasteiger partial charge on any atom is -0.481 e. The van der Waals surface area contributed by atoms with Crippen molar-refractivity contribution in [1.82, 2.24) is 9.80 Å². The van der Waals surface area contributed by atoms with Gasteiger partial charge in [0.05, 0.1) is 5.41 Å². The molecule has 0 aromatic rings. The van der Waals surface area contributed by atoms with Crippen LogP contribution in [0.4, 0.5) is 0 Å². The summed E-state index contributed by atoms with van der Waals surface area (Å²) in [4.78, 5) is 27.9. The summed E-state index contributed by atoms with van der Waals surface area (Å²) in [5.74, 6) is -0.890. The van der Waals surface area contributed by atoms with Crippen molar-refractivity contribution in [2.75, 3.05) is 27.2 Å². The zero-order valence-electron chi connectivity index (χ0n) is 13.2. The van der Waals surface area contributed by atoms with Gasteiger partial charge in [0.25, 0.3) is 0 Å². The zero-order chi connectivity index (χ0) is 15.3. The lowest BCUT2D eigenvalue weighted by molar-refractivity contribution is -0.154. The van der Waals surface area contributed by atoms with E-state index >= 15 is 0 Å². The van der Waals surface area contributed by atoms with Gasteiger partial charge in [0.15, 0.2) is 0 Å². The summed E-state index contributed by atoms with van der Waals surface area (Å²) in [6.45, 7) is 5.68. The van der Waals surface area contributed by atoms with E-state index in [-0.39, 0.29) is 18.4 Å². The molecule has 1 aliphatic rings. The molecule has 1 heterocycles. The van der Waals surface area contributed by atoms with Gasteiger partial charge in [0, 0.05) is 19.5 Å². The van der Waals surface area contributed by atoms with Crippen LogP contribution in [0.25, 0.3) is 0 Å². The predicted octanol–water partition coefficient (Wildman–Crippen LogP) is 1.82. The molecule has 0 aromatic heterocycles. The predicted molar refractivity (Wildman–Crippen MR) is 78.6 cm³/mol. The standard InChI is InChI=1S/C15H28N2O3/c1-5-15(6-2,14(19)20)11-13(18)17(4)12-7-9-16(3)10-8-12/h12H,5-11H2,1-4H3,(H,19,20). The van der Waals surface area contributed by atoms with E-state index < -0.39 is 11.4 Å². The fraction of sp³-hybridized carbons (Fsp3) is 0.867. The van der Waals surface area contributed by atoms with Gasteiger partial charge >= 0.3 is 5.97 Å². The molecule has 1 N–H and O–H groups in total. The first-order valence-electron chi connectivity index (χ1n) is 7.54. The summed E-state index contributed by atoms with van der Waals surface area (Å²) < 4.78 is 0. The van der Waals surface area contributed by atoms with E-state index in [1.165, 1.54) is 0 Å². The van der Waals surface area contributed by atoms with Crippen molar-refractivity contribution in [2.45, 2.75) is 52.0 Å². The van der Waals surface area contributed by atoms with E-state index in [4.69, 9.17) is 0 Å². The van der Waals surface area contributed by atoms with Gasteiger partial charge in [-0.15, -0.1) is 0 Å². The van der Waals surface area contributed by atoms with E-state index in [0.717, 1.165) is 25.9 Å². The number of hydrogen-bond acceptors (Lipinski definition) is 3. The molecular weight excluding hydrogens is 256 g/mol. The van der Waals surface area contributed by atoms with Crippen molar-refractivity contribution in [3.8, 4) is 0 Å². The van der Waals surface area contributed by atoms with E-state index in [2.05, 4.69) is 11.9 Å². The maximum absolute atomic E-state index is 12.4. The summed E-state index contributed by atoms with van der Waals surface area (Å²) in [7, 11) is 3.90. The number of piperidine rings is 1. The quantitative estimate of drug-likeness (QED) is 0.808. The van der Waals surface area contributed by atoms with Gasteiger partial charge in [0.1, 0.15) is 0 Å². The summed E-state index contributed by atoms with van der Waals surface area (Å²) >= 11 is 0. The molecule has 1 fully saturated rings. The molecule has 1 amide bonds. The molecule has 116 valence electrons. The second kappa shape index (κ2) is 7.07. The number of likely N-dealkylation sites (tertiary alicyclic amines) is 1. The molecule has 1 saturated heterocycles. The Balaban J connectivity index is 2.67. The van der Waals surface area contributed by atoms with Gasteiger partial charge in [-0.05, 0) is 45.8 Å². The Hall–Kier alpha value is -1.10. The average molecular weight is 284 g/mol. The van der Waals surface area contributed by atoms with Gasteiger partial charge in [-0.3, -0.25) is 9.59 Å². The Morgan fingerprint density at radius 1 is 1.25 bits per heavy atom. The van der Waals surface area contributed by atoms with Crippen molar-refractivity contribution >= 4 is 11.9 Å². The third kappa shape index (κ3) is 3.72. The Labute approximate surface area is 121 Å². The highest BCUT2D eigenvalue weighted by Crippen LogP contribution is 2.32. The highest BCUT2D eigenvalue weighted by molar-refractivity contribution is 5.85. The second-order valence-corrected chi connectivity index (χ2v) is 6.01. The van der Waals surface area contributed by atoms with E-state index in [1.807, 2.05) is 20.9 Å². The van der Waals surface area contributed by atoms with Gasteiger partial charge in [-0.2, -0.15) is 0 Å². The maximum Gasteiger partial charge on any atom is 0.310 e. The number of amides is 1. The van der Waals surface area contributed by atoms with Crippen LogP contribution in [0.15, 0.2) is 0 Å². The minimum atomic E-state index is -0.906. The second-order valence-electron chi connectivity index (χ2n) is 6.01. The lowest BCUT2D eigenvalue weighted by Gasteiger charge is -2.37. The Morgan fingerprint density at radius 3 is 2.15 bits per heavy atom. The summed E-state index contributed by atoms with van der Waals surface area (Å²) in [5.41, 5.74) is -0.906. The van der Waals surface area contributed by atoms with Crippen LogP contribution in [0.5, 0.6) is 0 Å². The fourth-order valence-corrected chi connectivity index (χ4v) is 2.88. The number of nitrogens with zero attached hydrogens (tertiary/aromatic N) is 2. The lowest BCUT2D eigenvalue weighted by Crippen LogP contribution is -2.46. The molecule has 0 saturated carbocycles. The van der Waals surface area contributed by atoms with Crippen molar-refractivity contribution in [3.05, 3.63) is 0 Å². The normalized spacial score (nSPS) is 18.0. The lowest BCUT2D eigenvalue weighted by atomic mass is 9.78. The van der Waals surface area contributed by atoms with Crippen molar-refractivity contribution < 1.29 is 14.7 Å². The molecule has 1 rings (SSSR count). The first-order chi connectivity index (χ1) is 9.36. The highest BCUT2D eigenvalue weighted by atomic mass is 16.4. The number of rotatable bonds is 6. The monoisotopic (exact) mass is 284 g/mol. The summed E-state index contributed by atoms with van der Waals surface area (Å²) in [6.07, 6.45) is 3.03. The van der Waals surface area contributed by atoms with Gasteiger partial charge in [-0.25, -0.2) is 0 Å². The van der Waals surface area contributed by atoms with Crippen LogP contribution in [-0.4, -0.2) is 60.0 Å². The molecule has 5 heteroatoms. The Morgan fingerprint density at radius 2 is 1.75 bits per heavy atom. The molecule has 1 aliphatic heterocycles. The number of carbonyl (C=O) groups excluding carboxylic acids is 1. The largest absolute Gasteiger partial charge is 0.481 e. The van der Waals surface area contributed by atoms with Gasteiger partial charge in [-0.1, -0.05) is 13.8 Å². The Bertz CT molecular complexity index is 345. The Kier molecular flexibility index (Phi) is 5.99. The molecule has 0 radical (unpaired) electrons. The van der Waals surface area contributed by atoms with Crippen LogP contribution in [0.3, 0.4) is 0 Å². The van der Waals surface area contributed by atoms with Crippen LogP contribution in [0, 0.1) is 5.41 Å². The molecule has 0 spiro atoms. The SMILES string of the molecule is CCC(CC)(CC(=O)N(C)C1CCN(C)CC1)C(=O)O. The van der Waals surface area contributed by atoms with E-state index in [9.17, 15) is 14.7 Å². The third-order valence-corrected chi connectivity index (χ3v) is 4.93. The molecule has 0 atom stereocenters. The first kappa shape index (κ1) is 17.0. The molecule has 0 bridgehead atoms. The smallest absolute Gasteiger partial charge is 0.310 e. The van der Waals surface area contributed by atoms with Crippen LogP contribution in [0.1, 0.15) is 46.0 Å². The molecule has 0 unspecified atom stereocenters. The van der Waals surface area contributed by atoms with Crippen LogP contribution in [0.2, 0.25) is 0 Å². The summed E-state index contributed by atoms with van der Waals surface area (Å²) in [5, 5.41) is 9.42. The summed E-state index contributed by atoms with van der Waals surface area (Å²) in [6, 6.07) is 0.249. The molecule has 0 aliphatic carbocycles. The highest BCUT2D eigenvalue weighted by Gasteiger charge is 2.38. The van der Waals surface area contributed by atoms with Gasteiger partial charge in [0.2, 0.25) is 5.91 Å². The number of carboxylic acid groups (broad SMARTS) is 1. The number of hydrogen-bond donors (Lipinski definition) is 1. The minimum absolute atomic E-state index is 0.0364. The van der Waals surface area contributed by atoms with E-state index in [0.29, 0.717) is 12.8 Å². The molecule has 20 heavy (non-hydrogen) atoms. The van der Waals surface area contributed by atoms with Crippen LogP contribution < -0.4 is 0 Å². The topological polar surface area (TPSA) is 60.9 Å². The molecular formula is C15H28N2O3. The molecule has 0 aromatic carbocycles. The third-order valence-electron chi connectivity index (χ3n) is 4.93. The van der Waals surface area contributed by atoms with E-state index in [1.54, 1.807) is 4.90 Å². The van der Waals surface area contributed by atoms with Crippen molar-refractivity contribution in [1.29, 1.82) is 0 Å². The number of aliphatic carboxylic acids is 1. The van der Waals surface area contributed by atoms with Crippen LogP contribution in [-0.2, 0) is 9.59 Å². The average Bonchev–Trinajstić information content (AvgIpc) is 2.44. The first-order valence-corrected chi connectivity index (χ1v) is 7.54. The van der Waals surface area contributed by atoms with Crippen molar-refractivity contribution in [2.24, 2.45) is 5.41 Å². The fourth-order valence-electron chi connectivity index (χ4n) is 2.88. The number of carboxylic acids is 1. The van der Waals surface area contributed by atoms with Crippen LogP contribution >= 0.6 is 0 Å². The zero-order valence-corrected chi connectivity index (χ0v) is 13.2.